The summed E-state index contributed by atoms with van der Waals surface area (Å²) in [6, 6.07) is 0. The van der Waals surface area contributed by atoms with E-state index < -0.39 is 0 Å². The molecule has 0 aliphatic heterocycles. The van der Waals surface area contributed by atoms with Gasteiger partial charge in [0.2, 0.25) is 5.91 Å². The van der Waals surface area contributed by atoms with Crippen LogP contribution in [0.5, 0.6) is 0 Å². The zero-order valence-corrected chi connectivity index (χ0v) is 9.46. The monoisotopic (exact) mass is 200 g/mol. The minimum Gasteiger partial charge on any atom is -0.337 e. The van der Waals surface area contributed by atoms with Gasteiger partial charge in [-0.2, -0.15) is 0 Å². The van der Waals surface area contributed by atoms with Gasteiger partial charge in [-0.25, -0.2) is 0 Å². The first-order chi connectivity index (χ1) is 6.49. The molecule has 0 aromatic rings. The average Bonchev–Trinajstić information content (AvgIpc) is 2.13. The molecule has 1 amide bonds. The van der Waals surface area contributed by atoms with Crippen molar-refractivity contribution in [3.63, 3.8) is 0 Å². The average molecular weight is 200 g/mol. The van der Waals surface area contributed by atoms with Crippen LogP contribution in [0, 0.1) is 5.92 Å². The second kappa shape index (κ2) is 6.54. The van der Waals surface area contributed by atoms with Crippen LogP contribution in [0.3, 0.4) is 0 Å². The number of carbonyl (C=O) groups is 2. The standard InChI is InChI=1S/C10H20N2O2/c1-5-11-6-10(14)12(4)7-9(13)8(2)3/h8,11H,5-7H2,1-4H3. The van der Waals surface area contributed by atoms with Crippen molar-refractivity contribution in [2.75, 3.05) is 26.7 Å². The Labute approximate surface area is 85.7 Å². The highest BCUT2D eigenvalue weighted by atomic mass is 16.2. The van der Waals surface area contributed by atoms with Gasteiger partial charge in [0.05, 0.1) is 13.1 Å². The van der Waals surface area contributed by atoms with E-state index in [1.54, 1.807) is 7.05 Å². The van der Waals surface area contributed by atoms with E-state index in [0.717, 1.165) is 6.54 Å². The first-order valence-corrected chi connectivity index (χ1v) is 4.96. The Bertz CT molecular complexity index is 202. The molecule has 4 heteroatoms. The summed E-state index contributed by atoms with van der Waals surface area (Å²) in [6.45, 7) is 6.89. The highest BCUT2D eigenvalue weighted by Crippen LogP contribution is 1.96. The van der Waals surface area contributed by atoms with Crippen LogP contribution in [0.2, 0.25) is 0 Å². The third kappa shape index (κ3) is 4.97. The predicted molar refractivity (Wildman–Crippen MR) is 56.0 cm³/mol. The molecule has 0 rings (SSSR count). The van der Waals surface area contributed by atoms with Gasteiger partial charge in [0.1, 0.15) is 0 Å². The van der Waals surface area contributed by atoms with E-state index in [1.807, 2.05) is 20.8 Å². The number of hydrogen-bond donors (Lipinski definition) is 1. The van der Waals surface area contributed by atoms with Crippen LogP contribution in [0.15, 0.2) is 0 Å². The quantitative estimate of drug-likeness (QED) is 0.670. The van der Waals surface area contributed by atoms with Crippen molar-refractivity contribution in [2.24, 2.45) is 5.92 Å². The fourth-order valence-corrected chi connectivity index (χ4v) is 0.871. The zero-order chi connectivity index (χ0) is 11.1. The van der Waals surface area contributed by atoms with E-state index >= 15 is 0 Å². The summed E-state index contributed by atoms with van der Waals surface area (Å²) in [4.78, 5) is 24.2. The Morgan fingerprint density at radius 1 is 1.36 bits per heavy atom. The van der Waals surface area contributed by atoms with Crippen molar-refractivity contribution < 1.29 is 9.59 Å². The molecule has 0 heterocycles. The third-order valence-electron chi connectivity index (χ3n) is 1.99. The summed E-state index contributed by atoms with van der Waals surface area (Å²) in [5.41, 5.74) is 0. The molecule has 82 valence electrons. The number of Topliss-reactive ketones (excluding diaryl/α,β-unsaturated/α-hetero) is 1. The lowest BCUT2D eigenvalue weighted by Crippen LogP contribution is -2.39. The van der Waals surface area contributed by atoms with Crippen molar-refractivity contribution >= 4 is 11.7 Å². The zero-order valence-electron chi connectivity index (χ0n) is 9.46. The van der Waals surface area contributed by atoms with Gasteiger partial charge in [0.25, 0.3) is 0 Å². The first kappa shape index (κ1) is 13.1. The predicted octanol–water partition coefficient (Wildman–Crippen LogP) is 0.279. The van der Waals surface area contributed by atoms with Crippen LogP contribution in [0.4, 0.5) is 0 Å². The fraction of sp³-hybridized carbons (Fsp3) is 0.800. The molecule has 0 aliphatic rings. The SMILES string of the molecule is CCNCC(=O)N(C)CC(=O)C(C)C. The Kier molecular flexibility index (Phi) is 6.12. The van der Waals surface area contributed by atoms with Crippen molar-refractivity contribution in [3.8, 4) is 0 Å². The molecule has 0 atom stereocenters. The van der Waals surface area contributed by atoms with E-state index in [4.69, 9.17) is 0 Å². The van der Waals surface area contributed by atoms with E-state index in [9.17, 15) is 9.59 Å². The molecule has 0 bridgehead atoms. The first-order valence-electron chi connectivity index (χ1n) is 4.96. The van der Waals surface area contributed by atoms with Crippen molar-refractivity contribution in [3.05, 3.63) is 0 Å². The number of hydrogen-bond acceptors (Lipinski definition) is 3. The summed E-state index contributed by atoms with van der Waals surface area (Å²) in [5.74, 6) is 0.0441. The number of nitrogens with zero attached hydrogens (tertiary/aromatic N) is 1. The van der Waals surface area contributed by atoms with E-state index in [1.165, 1.54) is 4.90 Å². The Hall–Kier alpha value is -0.900. The van der Waals surface area contributed by atoms with Crippen LogP contribution < -0.4 is 5.32 Å². The van der Waals surface area contributed by atoms with Crippen molar-refractivity contribution in [1.82, 2.24) is 10.2 Å². The number of carbonyl (C=O) groups excluding carboxylic acids is 2. The molecular weight excluding hydrogens is 180 g/mol. The van der Waals surface area contributed by atoms with Gasteiger partial charge in [0.15, 0.2) is 5.78 Å². The minimum atomic E-state index is -0.0409. The Morgan fingerprint density at radius 3 is 2.36 bits per heavy atom. The van der Waals surface area contributed by atoms with Crippen LogP contribution in [0.1, 0.15) is 20.8 Å². The largest absolute Gasteiger partial charge is 0.337 e. The summed E-state index contributed by atoms with van der Waals surface area (Å²) >= 11 is 0. The van der Waals surface area contributed by atoms with Gasteiger partial charge in [0, 0.05) is 13.0 Å². The normalized spacial score (nSPS) is 10.4. The summed E-state index contributed by atoms with van der Waals surface area (Å²) < 4.78 is 0. The van der Waals surface area contributed by atoms with Gasteiger partial charge in [-0.05, 0) is 6.54 Å². The maximum Gasteiger partial charge on any atom is 0.236 e. The molecule has 0 spiro atoms. The second-order valence-corrected chi connectivity index (χ2v) is 3.65. The van der Waals surface area contributed by atoms with Crippen molar-refractivity contribution in [2.45, 2.75) is 20.8 Å². The van der Waals surface area contributed by atoms with Crippen LogP contribution in [-0.2, 0) is 9.59 Å². The molecule has 0 fully saturated rings. The summed E-state index contributed by atoms with van der Waals surface area (Å²) in [5, 5.41) is 2.93. The second-order valence-electron chi connectivity index (χ2n) is 3.65. The minimum absolute atomic E-state index is 0.00983. The van der Waals surface area contributed by atoms with E-state index in [-0.39, 0.29) is 24.2 Å². The molecule has 0 unspecified atom stereocenters. The molecule has 0 radical (unpaired) electrons. The molecule has 14 heavy (non-hydrogen) atoms. The van der Waals surface area contributed by atoms with Crippen LogP contribution >= 0.6 is 0 Å². The van der Waals surface area contributed by atoms with Gasteiger partial charge >= 0.3 is 0 Å². The van der Waals surface area contributed by atoms with E-state index in [2.05, 4.69) is 5.32 Å². The maximum atomic E-state index is 11.4. The lowest BCUT2D eigenvalue weighted by Gasteiger charge is -2.17. The molecule has 0 aromatic heterocycles. The fourth-order valence-electron chi connectivity index (χ4n) is 0.871. The summed E-state index contributed by atoms with van der Waals surface area (Å²) in [6.07, 6.45) is 0. The molecule has 0 aliphatic carbocycles. The van der Waals surface area contributed by atoms with Crippen LogP contribution in [-0.4, -0.2) is 43.3 Å². The smallest absolute Gasteiger partial charge is 0.236 e. The lowest BCUT2D eigenvalue weighted by molar-refractivity contribution is -0.134. The molecule has 0 aromatic carbocycles. The van der Waals surface area contributed by atoms with Gasteiger partial charge in [-0.1, -0.05) is 20.8 Å². The molecular formula is C10H20N2O2. The van der Waals surface area contributed by atoms with Crippen molar-refractivity contribution in [1.29, 1.82) is 0 Å². The Morgan fingerprint density at radius 2 is 1.93 bits per heavy atom. The highest BCUT2D eigenvalue weighted by molar-refractivity contribution is 5.87. The Balaban J connectivity index is 3.89. The molecule has 0 saturated carbocycles. The number of likely N-dealkylation sites (N-methyl/N-ethyl adjacent to an activating group) is 2. The lowest BCUT2D eigenvalue weighted by atomic mass is 10.1. The summed E-state index contributed by atoms with van der Waals surface area (Å²) in [7, 11) is 1.65. The van der Waals surface area contributed by atoms with Gasteiger partial charge in [-0.15, -0.1) is 0 Å². The number of amides is 1. The van der Waals surface area contributed by atoms with Gasteiger partial charge < -0.3 is 10.2 Å². The highest BCUT2D eigenvalue weighted by Gasteiger charge is 2.14. The van der Waals surface area contributed by atoms with Gasteiger partial charge in [-0.3, -0.25) is 9.59 Å². The number of ketones is 1. The van der Waals surface area contributed by atoms with Crippen LogP contribution in [0.25, 0.3) is 0 Å². The number of rotatable bonds is 6. The molecule has 1 N–H and O–H groups in total. The molecule has 4 nitrogen and oxygen atoms in total. The third-order valence-corrected chi connectivity index (χ3v) is 1.99. The maximum absolute atomic E-state index is 11.4. The number of nitrogens with one attached hydrogen (secondary N) is 1. The topological polar surface area (TPSA) is 49.4 Å². The molecule has 0 saturated heterocycles. The van der Waals surface area contributed by atoms with E-state index in [0.29, 0.717) is 6.54 Å².